The first-order valence-electron chi connectivity index (χ1n) is 10.3. The van der Waals surface area contributed by atoms with Gasteiger partial charge in [-0.3, -0.25) is 9.59 Å². The zero-order chi connectivity index (χ0) is 20.8. The number of nitrogens with one attached hydrogen (secondary N) is 3. The van der Waals surface area contributed by atoms with Crippen LogP contribution in [0.15, 0.2) is 66.7 Å². The molecule has 2 aromatic carbocycles. The van der Waals surface area contributed by atoms with Crippen LogP contribution >= 0.6 is 0 Å². The van der Waals surface area contributed by atoms with Crippen molar-refractivity contribution in [1.82, 2.24) is 15.6 Å². The first-order valence-corrected chi connectivity index (χ1v) is 10.3. The summed E-state index contributed by atoms with van der Waals surface area (Å²) in [7, 11) is 0. The topological polar surface area (TPSA) is 77.2 Å². The average molecular weight is 402 g/mol. The molecular weight excluding hydrogens is 376 g/mol. The molecule has 1 aliphatic rings. The maximum absolute atomic E-state index is 12.2. The van der Waals surface area contributed by atoms with E-state index < -0.39 is 0 Å². The Morgan fingerprint density at radius 3 is 2.57 bits per heavy atom. The maximum atomic E-state index is 12.2. The number of nitrogens with zero attached hydrogens (tertiary/aromatic N) is 1. The molecule has 0 spiro atoms. The third-order valence-electron chi connectivity index (χ3n) is 5.28. The Hall–Kier alpha value is -3.54. The average Bonchev–Trinajstić information content (AvgIpc) is 3.26. The first kappa shape index (κ1) is 19.8. The molecule has 1 fully saturated rings. The molecule has 6 nitrogen and oxygen atoms in total. The van der Waals surface area contributed by atoms with E-state index in [1.54, 1.807) is 0 Å². The van der Waals surface area contributed by atoms with Crippen molar-refractivity contribution in [3.8, 4) is 11.3 Å². The molecule has 6 heteroatoms. The third kappa shape index (κ3) is 5.08. The molecular formula is C24H26N4O2. The molecule has 3 N–H and O–H groups in total. The fourth-order valence-electron chi connectivity index (χ4n) is 3.59. The van der Waals surface area contributed by atoms with Crippen molar-refractivity contribution in [3.05, 3.63) is 78.0 Å². The van der Waals surface area contributed by atoms with Crippen molar-refractivity contribution < 1.29 is 9.59 Å². The number of piperazine rings is 1. The van der Waals surface area contributed by atoms with E-state index in [9.17, 15) is 9.59 Å². The predicted molar refractivity (Wildman–Crippen MR) is 118 cm³/mol. The van der Waals surface area contributed by atoms with E-state index in [2.05, 4.69) is 38.7 Å². The monoisotopic (exact) mass is 402 g/mol. The SMILES string of the molecule is O=C(CCc1ccc(-c2ccccc2)[nH]1)NCc1ccc(N2CCNC(=O)C2)cc1. The highest BCUT2D eigenvalue weighted by atomic mass is 16.2. The lowest BCUT2D eigenvalue weighted by Crippen LogP contribution is -2.47. The number of amides is 2. The third-order valence-corrected chi connectivity index (χ3v) is 5.28. The van der Waals surface area contributed by atoms with Crippen LogP contribution in [0.5, 0.6) is 0 Å². The van der Waals surface area contributed by atoms with Gasteiger partial charge in [0.05, 0.1) is 6.54 Å². The van der Waals surface area contributed by atoms with Gasteiger partial charge in [0.25, 0.3) is 0 Å². The summed E-state index contributed by atoms with van der Waals surface area (Å²) in [6.07, 6.45) is 1.12. The normalized spacial score (nSPS) is 13.7. The lowest BCUT2D eigenvalue weighted by atomic mass is 10.1. The molecule has 154 valence electrons. The van der Waals surface area contributed by atoms with Crippen LogP contribution in [0.3, 0.4) is 0 Å². The zero-order valence-corrected chi connectivity index (χ0v) is 16.9. The molecule has 30 heavy (non-hydrogen) atoms. The summed E-state index contributed by atoms with van der Waals surface area (Å²) in [5, 5.41) is 5.81. The number of hydrogen-bond donors (Lipinski definition) is 3. The summed E-state index contributed by atoms with van der Waals surface area (Å²) in [5.41, 5.74) is 5.33. The van der Waals surface area contributed by atoms with Crippen LogP contribution in [0.4, 0.5) is 5.69 Å². The van der Waals surface area contributed by atoms with E-state index >= 15 is 0 Å². The van der Waals surface area contributed by atoms with Crippen LogP contribution in [0.2, 0.25) is 0 Å². The van der Waals surface area contributed by atoms with Gasteiger partial charge in [0, 0.05) is 43.1 Å². The number of benzene rings is 2. The number of hydrogen-bond acceptors (Lipinski definition) is 3. The number of anilines is 1. The largest absolute Gasteiger partial charge is 0.360 e. The Bertz CT molecular complexity index is 996. The molecule has 0 atom stereocenters. The fourth-order valence-corrected chi connectivity index (χ4v) is 3.59. The summed E-state index contributed by atoms with van der Waals surface area (Å²) in [5.74, 6) is 0.0817. The molecule has 0 radical (unpaired) electrons. The second kappa shape index (κ2) is 9.31. The van der Waals surface area contributed by atoms with Crippen LogP contribution in [0.25, 0.3) is 11.3 Å². The van der Waals surface area contributed by atoms with Crippen LogP contribution in [0.1, 0.15) is 17.7 Å². The number of aromatic nitrogens is 1. The highest BCUT2D eigenvalue weighted by molar-refractivity contribution is 5.82. The van der Waals surface area contributed by atoms with Gasteiger partial charge in [-0.15, -0.1) is 0 Å². The van der Waals surface area contributed by atoms with Gasteiger partial charge in [0.15, 0.2) is 0 Å². The van der Waals surface area contributed by atoms with Crippen LogP contribution in [0, 0.1) is 0 Å². The van der Waals surface area contributed by atoms with Crippen LogP contribution in [-0.4, -0.2) is 36.4 Å². The van der Waals surface area contributed by atoms with E-state index in [1.165, 1.54) is 0 Å². The Morgan fingerprint density at radius 1 is 1.00 bits per heavy atom. The van der Waals surface area contributed by atoms with Crippen molar-refractivity contribution in [2.75, 3.05) is 24.5 Å². The Kier molecular flexibility index (Phi) is 6.13. The fraction of sp³-hybridized carbons (Fsp3) is 0.250. The molecule has 4 rings (SSSR count). The lowest BCUT2D eigenvalue weighted by Gasteiger charge is -2.28. The first-order chi connectivity index (χ1) is 14.7. The van der Waals surface area contributed by atoms with Crippen molar-refractivity contribution in [2.45, 2.75) is 19.4 Å². The summed E-state index contributed by atoms with van der Waals surface area (Å²) in [4.78, 5) is 29.2. The Labute approximate surface area is 176 Å². The van der Waals surface area contributed by atoms with Crippen LogP contribution < -0.4 is 15.5 Å². The van der Waals surface area contributed by atoms with Crippen LogP contribution in [-0.2, 0) is 22.6 Å². The van der Waals surface area contributed by atoms with Gasteiger partial charge in [-0.2, -0.15) is 0 Å². The summed E-state index contributed by atoms with van der Waals surface area (Å²) in [6.45, 7) is 2.37. The molecule has 0 aliphatic carbocycles. The van der Waals surface area contributed by atoms with E-state index in [-0.39, 0.29) is 11.8 Å². The van der Waals surface area contributed by atoms with Crippen molar-refractivity contribution in [1.29, 1.82) is 0 Å². The molecule has 0 unspecified atom stereocenters. The molecule has 0 bridgehead atoms. The Morgan fingerprint density at radius 2 is 1.80 bits per heavy atom. The van der Waals surface area contributed by atoms with E-state index in [4.69, 9.17) is 0 Å². The number of carbonyl (C=O) groups excluding carboxylic acids is 2. The minimum atomic E-state index is 0.0302. The van der Waals surface area contributed by atoms with Crippen molar-refractivity contribution in [2.24, 2.45) is 0 Å². The summed E-state index contributed by atoms with van der Waals surface area (Å²) in [6, 6.07) is 22.2. The molecule has 1 aliphatic heterocycles. The van der Waals surface area contributed by atoms with Gasteiger partial charge in [0.2, 0.25) is 11.8 Å². The Balaban J connectivity index is 1.23. The molecule has 3 aromatic rings. The predicted octanol–water partition coefficient (Wildman–Crippen LogP) is 2.87. The molecule has 0 saturated carbocycles. The van der Waals surface area contributed by atoms with Gasteiger partial charge in [-0.1, -0.05) is 42.5 Å². The lowest BCUT2D eigenvalue weighted by molar-refractivity contribution is -0.121. The number of rotatable bonds is 7. The van der Waals surface area contributed by atoms with Crippen molar-refractivity contribution in [3.63, 3.8) is 0 Å². The summed E-state index contributed by atoms with van der Waals surface area (Å²) < 4.78 is 0. The highest BCUT2D eigenvalue weighted by Crippen LogP contribution is 2.19. The quantitative estimate of drug-likeness (QED) is 0.569. The zero-order valence-electron chi connectivity index (χ0n) is 16.9. The van der Waals surface area contributed by atoms with E-state index in [0.717, 1.165) is 34.7 Å². The number of aromatic amines is 1. The molecule has 2 amide bonds. The molecule has 1 aromatic heterocycles. The molecule has 1 saturated heterocycles. The second-order valence-corrected chi connectivity index (χ2v) is 7.48. The smallest absolute Gasteiger partial charge is 0.239 e. The van der Waals surface area contributed by atoms with Gasteiger partial charge < -0.3 is 20.5 Å². The number of H-pyrrole nitrogens is 1. The van der Waals surface area contributed by atoms with Gasteiger partial charge in [-0.25, -0.2) is 0 Å². The number of aryl methyl sites for hydroxylation is 1. The highest BCUT2D eigenvalue weighted by Gasteiger charge is 2.16. The van der Waals surface area contributed by atoms with E-state index in [0.29, 0.717) is 32.5 Å². The standard InChI is InChI=1S/C24H26N4O2/c29-23(13-9-20-8-12-22(27-20)19-4-2-1-3-5-19)26-16-18-6-10-21(11-7-18)28-15-14-25-24(30)17-28/h1-8,10-12,27H,9,13-17H2,(H,25,30)(H,26,29). The molecule has 2 heterocycles. The van der Waals surface area contributed by atoms with Crippen molar-refractivity contribution >= 4 is 17.5 Å². The minimum Gasteiger partial charge on any atom is -0.360 e. The minimum absolute atomic E-state index is 0.0302. The summed E-state index contributed by atoms with van der Waals surface area (Å²) >= 11 is 0. The second-order valence-electron chi connectivity index (χ2n) is 7.48. The van der Waals surface area contributed by atoms with E-state index in [1.807, 2.05) is 48.5 Å². The van der Waals surface area contributed by atoms with Gasteiger partial charge in [0.1, 0.15) is 0 Å². The van der Waals surface area contributed by atoms with Gasteiger partial charge in [-0.05, 0) is 41.8 Å². The van der Waals surface area contributed by atoms with Gasteiger partial charge >= 0.3 is 0 Å². The maximum Gasteiger partial charge on any atom is 0.239 e. The number of carbonyl (C=O) groups is 2.